The highest BCUT2D eigenvalue weighted by atomic mass is 79.9. The molecule has 2 aromatic rings. The van der Waals surface area contributed by atoms with Gasteiger partial charge in [-0.15, -0.1) is 0 Å². The molecule has 1 heterocycles. The number of nitrogens with one attached hydrogen (secondary N) is 1. The fourth-order valence-electron chi connectivity index (χ4n) is 1.46. The van der Waals surface area contributed by atoms with E-state index in [2.05, 4.69) is 50.3 Å². The number of aromatic nitrogens is 2. The fourth-order valence-corrected chi connectivity index (χ4v) is 1.94. The van der Waals surface area contributed by atoms with Crippen LogP contribution in [-0.4, -0.2) is 9.97 Å². The number of hydrogen-bond donors (Lipinski definition) is 1. The van der Waals surface area contributed by atoms with Crippen LogP contribution in [0.1, 0.15) is 11.1 Å². The molecule has 88 valence electrons. The molecule has 5 heteroatoms. The van der Waals surface area contributed by atoms with Crippen LogP contribution in [0.5, 0.6) is 0 Å². The van der Waals surface area contributed by atoms with Crippen LogP contribution in [0.2, 0.25) is 5.15 Å². The van der Waals surface area contributed by atoms with Crippen molar-refractivity contribution in [3.8, 4) is 0 Å². The zero-order valence-corrected chi connectivity index (χ0v) is 11.6. The molecule has 1 aromatic heterocycles. The Morgan fingerprint density at radius 1 is 1.29 bits per heavy atom. The summed E-state index contributed by atoms with van der Waals surface area (Å²) in [5.41, 5.74) is 2.48. The number of anilines is 1. The van der Waals surface area contributed by atoms with Crippen molar-refractivity contribution >= 4 is 33.3 Å². The SMILES string of the molecule is Cc1ccccc1CNc1ncnc(Cl)c1Br. The Hall–Kier alpha value is -1.13. The third-order valence-corrected chi connectivity index (χ3v) is 3.72. The van der Waals surface area contributed by atoms with Crippen molar-refractivity contribution in [2.24, 2.45) is 0 Å². The van der Waals surface area contributed by atoms with E-state index in [0.29, 0.717) is 22.0 Å². The maximum atomic E-state index is 5.89. The molecule has 0 saturated carbocycles. The molecule has 0 spiro atoms. The topological polar surface area (TPSA) is 37.8 Å². The summed E-state index contributed by atoms with van der Waals surface area (Å²) in [5, 5.41) is 3.64. The standard InChI is InChI=1S/C12H11BrClN3/c1-8-4-2-3-5-9(8)6-15-12-10(13)11(14)16-7-17-12/h2-5,7H,6H2,1H3,(H,15,16,17). The fraction of sp³-hybridized carbons (Fsp3) is 0.167. The largest absolute Gasteiger partial charge is 0.365 e. The summed E-state index contributed by atoms with van der Waals surface area (Å²) in [6.45, 7) is 2.79. The molecule has 0 bridgehead atoms. The van der Waals surface area contributed by atoms with Crippen LogP contribution in [-0.2, 0) is 6.54 Å². The van der Waals surface area contributed by atoms with Crippen LogP contribution in [0.15, 0.2) is 35.1 Å². The van der Waals surface area contributed by atoms with E-state index in [9.17, 15) is 0 Å². The minimum absolute atomic E-state index is 0.410. The Balaban J connectivity index is 2.13. The first kappa shape index (κ1) is 12.3. The highest BCUT2D eigenvalue weighted by molar-refractivity contribution is 9.10. The first-order valence-corrected chi connectivity index (χ1v) is 6.30. The quantitative estimate of drug-likeness (QED) is 0.876. The van der Waals surface area contributed by atoms with E-state index in [0.717, 1.165) is 0 Å². The molecule has 0 radical (unpaired) electrons. The molecule has 0 unspecified atom stereocenters. The molecule has 0 fully saturated rings. The summed E-state index contributed by atoms with van der Waals surface area (Å²) in [5.74, 6) is 0.702. The summed E-state index contributed by atoms with van der Waals surface area (Å²) in [4.78, 5) is 8.01. The molecular weight excluding hydrogens is 302 g/mol. The summed E-state index contributed by atoms with van der Waals surface area (Å²) in [7, 11) is 0. The number of halogens is 2. The van der Waals surface area contributed by atoms with E-state index >= 15 is 0 Å². The van der Waals surface area contributed by atoms with E-state index < -0.39 is 0 Å². The van der Waals surface area contributed by atoms with E-state index in [1.54, 1.807) is 0 Å². The first-order chi connectivity index (χ1) is 8.18. The Kier molecular flexibility index (Phi) is 3.97. The van der Waals surface area contributed by atoms with Gasteiger partial charge in [0.1, 0.15) is 17.3 Å². The Morgan fingerprint density at radius 2 is 2.06 bits per heavy atom. The van der Waals surface area contributed by atoms with Crippen LogP contribution in [0.3, 0.4) is 0 Å². The maximum absolute atomic E-state index is 5.89. The van der Waals surface area contributed by atoms with Crippen molar-refractivity contribution in [3.63, 3.8) is 0 Å². The number of benzene rings is 1. The average Bonchev–Trinajstić information content (AvgIpc) is 2.33. The minimum atomic E-state index is 0.410. The zero-order chi connectivity index (χ0) is 12.3. The number of aryl methyl sites for hydroxylation is 1. The van der Waals surface area contributed by atoms with E-state index in [1.165, 1.54) is 17.5 Å². The van der Waals surface area contributed by atoms with Gasteiger partial charge in [-0.2, -0.15) is 0 Å². The lowest BCUT2D eigenvalue weighted by Crippen LogP contribution is -2.04. The van der Waals surface area contributed by atoms with Gasteiger partial charge in [0.05, 0.1) is 4.47 Å². The van der Waals surface area contributed by atoms with Gasteiger partial charge in [-0.05, 0) is 34.0 Å². The zero-order valence-electron chi connectivity index (χ0n) is 9.24. The second-order valence-corrected chi connectivity index (χ2v) is 4.76. The second-order valence-electron chi connectivity index (χ2n) is 3.61. The molecule has 1 aromatic carbocycles. The molecule has 0 aliphatic carbocycles. The van der Waals surface area contributed by atoms with E-state index in [4.69, 9.17) is 11.6 Å². The van der Waals surface area contributed by atoms with Gasteiger partial charge in [0.15, 0.2) is 0 Å². The smallest absolute Gasteiger partial charge is 0.148 e. The van der Waals surface area contributed by atoms with Crippen molar-refractivity contribution in [1.29, 1.82) is 0 Å². The number of hydrogen-bond acceptors (Lipinski definition) is 3. The van der Waals surface area contributed by atoms with Crippen LogP contribution in [0, 0.1) is 6.92 Å². The van der Waals surface area contributed by atoms with Crippen molar-refractivity contribution in [1.82, 2.24) is 9.97 Å². The van der Waals surface area contributed by atoms with Crippen LogP contribution in [0.25, 0.3) is 0 Å². The predicted molar refractivity (Wildman–Crippen MR) is 73.2 cm³/mol. The third-order valence-electron chi connectivity index (χ3n) is 2.45. The van der Waals surface area contributed by atoms with Crippen LogP contribution >= 0.6 is 27.5 Å². The molecule has 3 nitrogen and oxygen atoms in total. The summed E-state index contributed by atoms with van der Waals surface area (Å²) in [6, 6.07) is 8.21. The lowest BCUT2D eigenvalue weighted by molar-refractivity contribution is 1.06. The van der Waals surface area contributed by atoms with E-state index in [-0.39, 0.29) is 0 Å². The lowest BCUT2D eigenvalue weighted by atomic mass is 10.1. The summed E-state index contributed by atoms with van der Waals surface area (Å²) in [6.07, 6.45) is 1.44. The maximum Gasteiger partial charge on any atom is 0.148 e. The minimum Gasteiger partial charge on any atom is -0.365 e. The molecule has 0 amide bonds. The van der Waals surface area contributed by atoms with Gasteiger partial charge < -0.3 is 5.32 Å². The summed E-state index contributed by atoms with van der Waals surface area (Å²) < 4.78 is 0.690. The second kappa shape index (κ2) is 5.47. The lowest BCUT2D eigenvalue weighted by Gasteiger charge is -2.09. The molecular formula is C12H11BrClN3. The predicted octanol–water partition coefficient (Wildman–Crippen LogP) is 3.81. The van der Waals surface area contributed by atoms with Crippen molar-refractivity contribution in [2.45, 2.75) is 13.5 Å². The Bertz CT molecular complexity index is 531. The number of rotatable bonds is 3. The van der Waals surface area contributed by atoms with Crippen molar-refractivity contribution < 1.29 is 0 Å². The molecule has 0 aliphatic rings. The first-order valence-electron chi connectivity index (χ1n) is 5.13. The Morgan fingerprint density at radius 3 is 2.82 bits per heavy atom. The molecule has 0 saturated heterocycles. The number of nitrogens with zero attached hydrogens (tertiary/aromatic N) is 2. The Labute approximate surface area is 113 Å². The van der Waals surface area contributed by atoms with Gasteiger partial charge in [0.2, 0.25) is 0 Å². The van der Waals surface area contributed by atoms with Crippen molar-refractivity contribution in [3.05, 3.63) is 51.3 Å². The van der Waals surface area contributed by atoms with Gasteiger partial charge in [-0.1, -0.05) is 35.9 Å². The van der Waals surface area contributed by atoms with Gasteiger partial charge in [-0.3, -0.25) is 0 Å². The van der Waals surface area contributed by atoms with Gasteiger partial charge in [-0.25, -0.2) is 9.97 Å². The van der Waals surface area contributed by atoms with Crippen LogP contribution in [0.4, 0.5) is 5.82 Å². The molecule has 2 rings (SSSR count). The summed E-state index contributed by atoms with van der Waals surface area (Å²) >= 11 is 9.24. The van der Waals surface area contributed by atoms with E-state index in [1.807, 2.05) is 12.1 Å². The average molecular weight is 313 g/mol. The van der Waals surface area contributed by atoms with Gasteiger partial charge in [0.25, 0.3) is 0 Å². The normalized spacial score (nSPS) is 10.3. The van der Waals surface area contributed by atoms with Crippen molar-refractivity contribution in [2.75, 3.05) is 5.32 Å². The van der Waals surface area contributed by atoms with Gasteiger partial charge >= 0.3 is 0 Å². The monoisotopic (exact) mass is 311 g/mol. The third kappa shape index (κ3) is 2.96. The highest BCUT2D eigenvalue weighted by Gasteiger charge is 2.06. The van der Waals surface area contributed by atoms with Gasteiger partial charge in [0, 0.05) is 6.54 Å². The molecule has 1 N–H and O–H groups in total. The van der Waals surface area contributed by atoms with Crippen LogP contribution < -0.4 is 5.32 Å². The molecule has 0 atom stereocenters. The highest BCUT2D eigenvalue weighted by Crippen LogP contribution is 2.26. The molecule has 0 aliphatic heterocycles. The molecule has 17 heavy (non-hydrogen) atoms.